The van der Waals surface area contributed by atoms with E-state index in [0.29, 0.717) is 21.5 Å². The zero-order valence-corrected chi connectivity index (χ0v) is 13.6. The van der Waals surface area contributed by atoms with Crippen LogP contribution >= 0.6 is 22.9 Å². The lowest BCUT2D eigenvalue weighted by Gasteiger charge is -2.10. The van der Waals surface area contributed by atoms with Crippen LogP contribution in [0.15, 0.2) is 18.2 Å². The fourth-order valence-electron chi connectivity index (χ4n) is 3.13. The van der Waals surface area contributed by atoms with Crippen molar-refractivity contribution in [3.63, 3.8) is 0 Å². The van der Waals surface area contributed by atoms with Gasteiger partial charge in [0.15, 0.2) is 0 Å². The number of fused-ring (bicyclic) bond motifs is 1. The first-order valence-corrected chi connectivity index (χ1v) is 8.50. The number of nitrogens with two attached hydrogens (primary N) is 1. The lowest BCUT2D eigenvalue weighted by atomic mass is 10.1. The van der Waals surface area contributed by atoms with Gasteiger partial charge in [0.2, 0.25) is 0 Å². The SMILES string of the molecule is CC1CCC(CNC(=O)c2sc3cccc(Cl)c3c2N)C1. The number of hydrogen-bond donors (Lipinski definition) is 2. The van der Waals surface area contributed by atoms with Gasteiger partial charge in [-0.1, -0.05) is 31.0 Å². The molecule has 1 heterocycles. The van der Waals surface area contributed by atoms with Gasteiger partial charge in [0.25, 0.3) is 5.91 Å². The average molecular weight is 323 g/mol. The lowest BCUT2D eigenvalue weighted by Crippen LogP contribution is -2.28. The van der Waals surface area contributed by atoms with Crippen LogP contribution in [0.25, 0.3) is 10.1 Å². The first-order valence-electron chi connectivity index (χ1n) is 7.31. The molecule has 1 aliphatic rings. The van der Waals surface area contributed by atoms with E-state index >= 15 is 0 Å². The quantitative estimate of drug-likeness (QED) is 0.885. The van der Waals surface area contributed by atoms with Crippen LogP contribution in [0, 0.1) is 11.8 Å². The number of amides is 1. The Morgan fingerprint density at radius 2 is 2.29 bits per heavy atom. The van der Waals surface area contributed by atoms with Gasteiger partial charge < -0.3 is 11.1 Å². The lowest BCUT2D eigenvalue weighted by molar-refractivity contribution is 0.0952. The molecule has 0 spiro atoms. The van der Waals surface area contributed by atoms with Gasteiger partial charge in [0.05, 0.1) is 10.7 Å². The van der Waals surface area contributed by atoms with Crippen molar-refractivity contribution < 1.29 is 4.79 Å². The predicted molar refractivity (Wildman–Crippen MR) is 90.1 cm³/mol. The van der Waals surface area contributed by atoms with E-state index < -0.39 is 0 Å². The molecule has 0 aliphatic heterocycles. The smallest absolute Gasteiger partial charge is 0.263 e. The maximum absolute atomic E-state index is 12.4. The third-order valence-electron chi connectivity index (χ3n) is 4.26. The molecule has 2 aromatic rings. The molecule has 1 aromatic carbocycles. The number of rotatable bonds is 3. The van der Waals surface area contributed by atoms with Crippen molar-refractivity contribution in [2.75, 3.05) is 12.3 Å². The summed E-state index contributed by atoms with van der Waals surface area (Å²) in [5.74, 6) is 1.30. The highest BCUT2D eigenvalue weighted by atomic mass is 35.5. The van der Waals surface area contributed by atoms with E-state index in [4.69, 9.17) is 17.3 Å². The average Bonchev–Trinajstić information content (AvgIpc) is 3.01. The molecule has 1 aliphatic carbocycles. The van der Waals surface area contributed by atoms with E-state index in [0.717, 1.165) is 22.5 Å². The molecule has 0 bridgehead atoms. The molecule has 112 valence electrons. The van der Waals surface area contributed by atoms with Gasteiger partial charge in [-0.3, -0.25) is 4.79 Å². The zero-order valence-electron chi connectivity index (χ0n) is 12.0. The number of carbonyl (C=O) groups excluding carboxylic acids is 1. The Labute approximate surface area is 133 Å². The summed E-state index contributed by atoms with van der Waals surface area (Å²) < 4.78 is 0.958. The molecule has 2 unspecified atom stereocenters. The van der Waals surface area contributed by atoms with Crippen LogP contribution < -0.4 is 11.1 Å². The molecule has 3 N–H and O–H groups in total. The Balaban J connectivity index is 1.76. The molecule has 0 radical (unpaired) electrons. The van der Waals surface area contributed by atoms with Crippen LogP contribution in [0.5, 0.6) is 0 Å². The number of hydrogen-bond acceptors (Lipinski definition) is 3. The summed E-state index contributed by atoms with van der Waals surface area (Å²) in [5, 5.41) is 4.43. The van der Waals surface area contributed by atoms with Crippen LogP contribution in [0.1, 0.15) is 35.9 Å². The van der Waals surface area contributed by atoms with Crippen LogP contribution in [0.4, 0.5) is 5.69 Å². The Hall–Kier alpha value is -1.26. The van der Waals surface area contributed by atoms with Gasteiger partial charge in [-0.15, -0.1) is 11.3 Å². The molecule has 1 saturated carbocycles. The summed E-state index contributed by atoms with van der Waals surface area (Å²) in [7, 11) is 0. The van der Waals surface area contributed by atoms with Gasteiger partial charge in [-0.25, -0.2) is 0 Å². The molecule has 1 amide bonds. The highest BCUT2D eigenvalue weighted by molar-refractivity contribution is 7.21. The molecular weight excluding hydrogens is 304 g/mol. The van der Waals surface area contributed by atoms with Gasteiger partial charge in [0, 0.05) is 16.6 Å². The van der Waals surface area contributed by atoms with Gasteiger partial charge in [-0.05, 0) is 36.8 Å². The first-order chi connectivity index (χ1) is 10.1. The molecule has 2 atom stereocenters. The van der Waals surface area contributed by atoms with E-state index in [1.807, 2.05) is 12.1 Å². The van der Waals surface area contributed by atoms with Gasteiger partial charge in [0.1, 0.15) is 4.88 Å². The van der Waals surface area contributed by atoms with Crippen molar-refractivity contribution in [2.24, 2.45) is 11.8 Å². The summed E-state index contributed by atoms with van der Waals surface area (Å²) in [5.41, 5.74) is 6.61. The second kappa shape index (κ2) is 5.85. The number of nitrogen functional groups attached to an aromatic ring is 1. The standard InChI is InChI=1S/C16H19ClN2OS/c1-9-5-6-10(7-9)8-19-16(20)15-14(18)13-11(17)3-2-4-12(13)21-15/h2-4,9-10H,5-8,18H2,1H3,(H,19,20). The van der Waals surface area contributed by atoms with Crippen LogP contribution in [-0.4, -0.2) is 12.5 Å². The van der Waals surface area contributed by atoms with Gasteiger partial charge >= 0.3 is 0 Å². The summed E-state index contributed by atoms with van der Waals surface area (Å²) in [6, 6.07) is 5.62. The minimum absolute atomic E-state index is 0.0793. The van der Waals surface area contributed by atoms with Gasteiger partial charge in [-0.2, -0.15) is 0 Å². The molecule has 5 heteroatoms. The van der Waals surface area contributed by atoms with E-state index in [-0.39, 0.29) is 5.91 Å². The zero-order chi connectivity index (χ0) is 15.0. The summed E-state index contributed by atoms with van der Waals surface area (Å²) >= 11 is 7.58. The largest absolute Gasteiger partial charge is 0.397 e. The van der Waals surface area contributed by atoms with E-state index in [2.05, 4.69) is 12.2 Å². The number of carbonyl (C=O) groups is 1. The summed E-state index contributed by atoms with van der Waals surface area (Å²) in [4.78, 5) is 12.9. The third kappa shape index (κ3) is 2.87. The highest BCUT2D eigenvalue weighted by Gasteiger charge is 2.23. The molecule has 3 rings (SSSR count). The molecule has 1 fully saturated rings. The van der Waals surface area contributed by atoms with Crippen molar-refractivity contribution in [1.29, 1.82) is 0 Å². The fourth-order valence-corrected chi connectivity index (χ4v) is 4.52. The number of thiophene rings is 1. The van der Waals surface area contributed by atoms with E-state index in [9.17, 15) is 4.79 Å². The van der Waals surface area contributed by atoms with Crippen LogP contribution in [-0.2, 0) is 0 Å². The predicted octanol–water partition coefficient (Wildman–Crippen LogP) is 4.30. The molecule has 3 nitrogen and oxygen atoms in total. The molecular formula is C16H19ClN2OS. The van der Waals surface area contributed by atoms with E-state index in [1.54, 1.807) is 6.07 Å². The Morgan fingerprint density at radius 1 is 1.48 bits per heavy atom. The number of nitrogens with one attached hydrogen (secondary N) is 1. The number of anilines is 1. The molecule has 1 aromatic heterocycles. The van der Waals surface area contributed by atoms with Crippen molar-refractivity contribution in [3.8, 4) is 0 Å². The Bertz CT molecular complexity index is 682. The monoisotopic (exact) mass is 322 g/mol. The Kier molecular flexibility index (Phi) is 4.09. The minimum Gasteiger partial charge on any atom is -0.397 e. The number of benzene rings is 1. The highest BCUT2D eigenvalue weighted by Crippen LogP contribution is 2.38. The van der Waals surface area contributed by atoms with Crippen molar-refractivity contribution >= 4 is 44.6 Å². The van der Waals surface area contributed by atoms with Crippen molar-refractivity contribution in [1.82, 2.24) is 5.32 Å². The molecule has 21 heavy (non-hydrogen) atoms. The second-order valence-electron chi connectivity index (χ2n) is 5.95. The van der Waals surface area contributed by atoms with Crippen molar-refractivity contribution in [3.05, 3.63) is 28.1 Å². The number of halogens is 1. The maximum Gasteiger partial charge on any atom is 0.263 e. The summed E-state index contributed by atoms with van der Waals surface area (Å²) in [6.45, 7) is 3.01. The summed E-state index contributed by atoms with van der Waals surface area (Å²) in [6.07, 6.45) is 3.67. The minimum atomic E-state index is -0.0793. The van der Waals surface area contributed by atoms with E-state index in [1.165, 1.54) is 30.6 Å². The molecule has 0 saturated heterocycles. The van der Waals surface area contributed by atoms with Crippen LogP contribution in [0.2, 0.25) is 5.02 Å². The fraction of sp³-hybridized carbons (Fsp3) is 0.438. The second-order valence-corrected chi connectivity index (χ2v) is 7.41. The maximum atomic E-state index is 12.4. The Morgan fingerprint density at radius 3 is 2.95 bits per heavy atom. The van der Waals surface area contributed by atoms with Crippen LogP contribution in [0.3, 0.4) is 0 Å². The van der Waals surface area contributed by atoms with Crippen molar-refractivity contribution in [2.45, 2.75) is 26.2 Å². The topological polar surface area (TPSA) is 55.1 Å². The normalized spacial score (nSPS) is 21.8. The third-order valence-corrected chi connectivity index (χ3v) is 5.75. The first kappa shape index (κ1) is 14.7.